The second-order valence-electron chi connectivity index (χ2n) is 7.08. The van der Waals surface area contributed by atoms with E-state index >= 15 is 0 Å². The number of alkyl halides is 3. The molecular weight excluding hydrogens is 440 g/mol. The minimum atomic E-state index is -5.36. The first kappa shape index (κ1) is 23.5. The van der Waals surface area contributed by atoms with E-state index < -0.39 is 52.0 Å². The molecule has 0 aliphatic heterocycles. The lowest BCUT2D eigenvalue weighted by molar-refractivity contribution is -0.142. The number of aryl methyl sites for hydroxylation is 1. The van der Waals surface area contributed by atoms with Crippen molar-refractivity contribution in [3.05, 3.63) is 94.3 Å². The van der Waals surface area contributed by atoms with Gasteiger partial charge >= 0.3 is 6.18 Å². The normalized spacial score (nSPS) is 12.7. The maximum absolute atomic E-state index is 14.5. The summed E-state index contributed by atoms with van der Waals surface area (Å²) in [7, 11) is 0. The number of halogens is 8. The average molecular weight is 456 g/mol. The molecule has 3 rings (SSSR count). The molecule has 0 aromatic heterocycles. The van der Waals surface area contributed by atoms with Gasteiger partial charge in [-0.1, -0.05) is 43.7 Å². The molecule has 3 aromatic rings. The van der Waals surface area contributed by atoms with E-state index in [1.54, 1.807) is 12.1 Å². The summed E-state index contributed by atoms with van der Waals surface area (Å²) in [6.45, 7) is 2.02. The van der Waals surface area contributed by atoms with Gasteiger partial charge in [0.15, 0.2) is 11.7 Å². The van der Waals surface area contributed by atoms with Crippen molar-refractivity contribution in [2.45, 2.75) is 25.9 Å². The fourth-order valence-electron chi connectivity index (χ4n) is 3.24. The van der Waals surface area contributed by atoms with Crippen molar-refractivity contribution in [3.8, 4) is 11.1 Å². The number of benzene rings is 3. The standard InChI is InChI=1S/C24H16F8/c1-2-3-13-4-6-14(7-5-13)15-8-9-17(18(25)10-15)23(29)22(28)16-11-19(26)21(20(27)12-16)24(30,31)32/h4-12H,2-3H2,1H3/b23-22+. The van der Waals surface area contributed by atoms with Gasteiger partial charge < -0.3 is 0 Å². The molecule has 0 nitrogen and oxygen atoms in total. The Labute approximate surface area is 178 Å². The van der Waals surface area contributed by atoms with Crippen LogP contribution in [0.4, 0.5) is 35.1 Å². The Morgan fingerprint density at radius 3 is 1.78 bits per heavy atom. The third-order valence-electron chi connectivity index (χ3n) is 4.80. The Kier molecular flexibility index (Phi) is 6.71. The van der Waals surface area contributed by atoms with Crippen LogP contribution in [-0.2, 0) is 12.6 Å². The van der Waals surface area contributed by atoms with E-state index in [0.29, 0.717) is 11.1 Å². The van der Waals surface area contributed by atoms with Crippen molar-refractivity contribution in [2.75, 3.05) is 0 Å². The molecule has 8 heteroatoms. The van der Waals surface area contributed by atoms with Crippen LogP contribution in [0.5, 0.6) is 0 Å². The van der Waals surface area contributed by atoms with Gasteiger partial charge in [0.2, 0.25) is 0 Å². The van der Waals surface area contributed by atoms with Gasteiger partial charge in [-0.2, -0.15) is 13.2 Å². The summed E-state index contributed by atoms with van der Waals surface area (Å²) in [5.41, 5.74) is -2.09. The maximum atomic E-state index is 14.5. The molecule has 3 aromatic carbocycles. The Bertz CT molecular complexity index is 1130. The largest absolute Gasteiger partial charge is 0.422 e. The van der Waals surface area contributed by atoms with E-state index in [2.05, 4.69) is 0 Å². The minimum absolute atomic E-state index is 0.00491. The topological polar surface area (TPSA) is 0 Å². The Morgan fingerprint density at radius 1 is 0.719 bits per heavy atom. The fourth-order valence-corrected chi connectivity index (χ4v) is 3.24. The zero-order valence-electron chi connectivity index (χ0n) is 16.6. The smallest absolute Gasteiger partial charge is 0.206 e. The van der Waals surface area contributed by atoms with Crippen molar-refractivity contribution in [2.24, 2.45) is 0 Å². The first-order chi connectivity index (χ1) is 15.0. The van der Waals surface area contributed by atoms with E-state index in [1.165, 1.54) is 6.07 Å². The zero-order chi connectivity index (χ0) is 23.6. The molecule has 0 atom stereocenters. The van der Waals surface area contributed by atoms with Gasteiger partial charge in [0, 0.05) is 11.1 Å². The first-order valence-electron chi connectivity index (χ1n) is 9.54. The molecule has 0 bridgehead atoms. The second-order valence-corrected chi connectivity index (χ2v) is 7.08. The summed E-state index contributed by atoms with van der Waals surface area (Å²) in [5.74, 6) is -9.07. The highest BCUT2D eigenvalue weighted by Gasteiger charge is 2.38. The van der Waals surface area contributed by atoms with Gasteiger partial charge in [0.05, 0.1) is 0 Å². The third-order valence-corrected chi connectivity index (χ3v) is 4.80. The van der Waals surface area contributed by atoms with Crippen LogP contribution in [0.2, 0.25) is 0 Å². The molecular formula is C24H16F8. The highest BCUT2D eigenvalue weighted by atomic mass is 19.4. The zero-order valence-corrected chi connectivity index (χ0v) is 16.6. The van der Waals surface area contributed by atoms with Crippen LogP contribution < -0.4 is 0 Å². The van der Waals surface area contributed by atoms with Crippen LogP contribution in [0, 0.1) is 17.5 Å². The van der Waals surface area contributed by atoms with Crippen LogP contribution in [0.1, 0.15) is 35.6 Å². The average Bonchev–Trinajstić information content (AvgIpc) is 2.72. The molecule has 0 unspecified atom stereocenters. The SMILES string of the molecule is CCCc1ccc(-c2ccc(/C(F)=C(\F)c3cc(F)c(C(F)(F)F)c(F)c3)c(F)c2)cc1. The Morgan fingerprint density at radius 2 is 1.28 bits per heavy atom. The predicted octanol–water partition coefficient (Wildman–Crippen LogP) is 8.51. The molecule has 0 aliphatic rings. The van der Waals surface area contributed by atoms with Crippen LogP contribution in [-0.4, -0.2) is 0 Å². The summed E-state index contributed by atoms with van der Waals surface area (Å²) >= 11 is 0. The monoisotopic (exact) mass is 456 g/mol. The lowest BCUT2D eigenvalue weighted by Gasteiger charge is -2.11. The van der Waals surface area contributed by atoms with E-state index in [1.807, 2.05) is 19.1 Å². The van der Waals surface area contributed by atoms with Gasteiger partial charge in [-0.15, -0.1) is 0 Å². The summed E-state index contributed by atoms with van der Waals surface area (Å²) in [6, 6.07) is 10.5. The van der Waals surface area contributed by atoms with Crippen molar-refractivity contribution in [1.82, 2.24) is 0 Å². The van der Waals surface area contributed by atoms with Crippen LogP contribution in [0.15, 0.2) is 54.6 Å². The number of rotatable bonds is 5. The minimum Gasteiger partial charge on any atom is -0.206 e. The fraction of sp³-hybridized carbons (Fsp3) is 0.167. The quantitative estimate of drug-likeness (QED) is 0.267. The highest BCUT2D eigenvalue weighted by molar-refractivity contribution is 5.84. The predicted molar refractivity (Wildman–Crippen MR) is 106 cm³/mol. The van der Waals surface area contributed by atoms with Crippen molar-refractivity contribution >= 4 is 11.7 Å². The summed E-state index contributed by atoms with van der Waals surface area (Å²) in [5, 5.41) is 0. The summed E-state index contributed by atoms with van der Waals surface area (Å²) < 4.78 is 109. The summed E-state index contributed by atoms with van der Waals surface area (Å²) in [6.07, 6.45) is -3.54. The lowest BCUT2D eigenvalue weighted by atomic mass is 10.00. The van der Waals surface area contributed by atoms with E-state index in [9.17, 15) is 35.1 Å². The van der Waals surface area contributed by atoms with Crippen LogP contribution >= 0.6 is 0 Å². The second kappa shape index (κ2) is 9.14. The first-order valence-corrected chi connectivity index (χ1v) is 9.54. The molecule has 0 heterocycles. The lowest BCUT2D eigenvalue weighted by Crippen LogP contribution is -2.11. The van der Waals surface area contributed by atoms with Gasteiger partial charge in [-0.05, 0) is 47.4 Å². The van der Waals surface area contributed by atoms with Gasteiger partial charge in [0.25, 0.3) is 0 Å². The van der Waals surface area contributed by atoms with Crippen LogP contribution in [0.25, 0.3) is 22.8 Å². The Balaban J connectivity index is 1.97. The molecule has 168 valence electrons. The van der Waals surface area contributed by atoms with Gasteiger partial charge in [-0.25, -0.2) is 22.0 Å². The highest BCUT2D eigenvalue weighted by Crippen LogP contribution is 2.37. The van der Waals surface area contributed by atoms with Crippen LogP contribution in [0.3, 0.4) is 0 Å². The number of hydrogen-bond acceptors (Lipinski definition) is 0. The van der Waals surface area contributed by atoms with E-state index in [-0.39, 0.29) is 12.1 Å². The molecule has 0 spiro atoms. The van der Waals surface area contributed by atoms with Crippen molar-refractivity contribution < 1.29 is 35.1 Å². The third kappa shape index (κ3) is 4.84. The molecule has 0 aliphatic carbocycles. The summed E-state index contributed by atoms with van der Waals surface area (Å²) in [4.78, 5) is 0. The maximum Gasteiger partial charge on any atom is 0.422 e. The molecule has 0 saturated carbocycles. The van der Waals surface area contributed by atoms with Crippen molar-refractivity contribution in [1.29, 1.82) is 0 Å². The number of hydrogen-bond donors (Lipinski definition) is 0. The molecule has 0 saturated heterocycles. The molecule has 0 N–H and O–H groups in total. The van der Waals surface area contributed by atoms with E-state index in [0.717, 1.165) is 30.5 Å². The van der Waals surface area contributed by atoms with Gasteiger partial charge in [-0.3, -0.25) is 0 Å². The molecule has 0 fully saturated rings. The molecule has 32 heavy (non-hydrogen) atoms. The Hall–Kier alpha value is -3.16. The molecule has 0 amide bonds. The molecule has 0 radical (unpaired) electrons. The van der Waals surface area contributed by atoms with E-state index in [4.69, 9.17) is 0 Å². The van der Waals surface area contributed by atoms with Gasteiger partial charge in [0.1, 0.15) is 23.0 Å². The van der Waals surface area contributed by atoms with Crippen molar-refractivity contribution in [3.63, 3.8) is 0 Å².